The molecule has 1 saturated heterocycles. The fourth-order valence-corrected chi connectivity index (χ4v) is 2.41. The quantitative estimate of drug-likeness (QED) is 0.471. The molecule has 5 N–H and O–H groups in total. The molecule has 0 aliphatic carbocycles. The molecule has 1 fully saturated rings. The van der Waals surface area contributed by atoms with Gasteiger partial charge < -0.3 is 25.8 Å². The van der Waals surface area contributed by atoms with Crippen LogP contribution in [0.25, 0.3) is 11.2 Å². The van der Waals surface area contributed by atoms with Crippen molar-refractivity contribution < 1.29 is 20.1 Å². The number of nitrogens with two attached hydrogens (primary N) is 1. The van der Waals surface area contributed by atoms with Gasteiger partial charge in [0, 0.05) is 0 Å². The molecule has 3 rings (SSSR count). The maximum Gasteiger partial charge on any atom is 0.190 e. The van der Waals surface area contributed by atoms with Crippen LogP contribution in [0.1, 0.15) is 6.92 Å². The zero-order valence-electron chi connectivity index (χ0n) is 10.6. The number of aromatic nitrogens is 5. The number of fused-ring (bicyclic) bond motifs is 1. The summed E-state index contributed by atoms with van der Waals surface area (Å²) in [5, 5.41) is 40.1. The largest absolute Gasteiger partial charge is 0.394 e. The van der Waals surface area contributed by atoms with Crippen molar-refractivity contribution in [3.8, 4) is 0 Å². The van der Waals surface area contributed by atoms with Gasteiger partial charge in [-0.25, -0.2) is 4.98 Å². The lowest BCUT2D eigenvalue weighted by Crippen LogP contribution is -2.43. The number of hydrogen-bond donors (Lipinski definition) is 4. The lowest BCUT2D eigenvalue weighted by atomic mass is 10.0. The van der Waals surface area contributed by atoms with Gasteiger partial charge in [-0.05, 0) is 12.1 Å². The van der Waals surface area contributed by atoms with Crippen LogP contribution in [0.5, 0.6) is 0 Å². The minimum atomic E-state index is -1.34. The minimum absolute atomic E-state index is 0.101. The molecule has 10 heteroatoms. The molecule has 108 valence electrons. The molecule has 0 spiro atoms. The molecule has 0 saturated carbocycles. The SMILES string of the molecule is CC1(n2cnc3c(N)nnnc32)O[C@H](CO)[C@H](O)[C@@H]1O. The molecule has 3 heterocycles. The topological polar surface area (TPSA) is 152 Å². The van der Waals surface area contributed by atoms with Crippen molar-refractivity contribution in [3.05, 3.63) is 6.33 Å². The fraction of sp³-hybridized carbons (Fsp3) is 0.600. The van der Waals surface area contributed by atoms with Gasteiger partial charge in [0.2, 0.25) is 0 Å². The van der Waals surface area contributed by atoms with Gasteiger partial charge >= 0.3 is 0 Å². The van der Waals surface area contributed by atoms with E-state index in [2.05, 4.69) is 20.4 Å². The number of aliphatic hydroxyl groups excluding tert-OH is 3. The van der Waals surface area contributed by atoms with Crippen molar-refractivity contribution in [1.29, 1.82) is 0 Å². The Hall–Kier alpha value is -1.88. The first-order chi connectivity index (χ1) is 9.49. The fourth-order valence-electron chi connectivity index (χ4n) is 2.41. The van der Waals surface area contributed by atoms with Crippen LogP contribution in [0.15, 0.2) is 6.33 Å². The summed E-state index contributed by atoms with van der Waals surface area (Å²) in [6.45, 7) is 1.13. The standard InChI is InChI=1S/C10H14N6O4/c1-10(7(19)6(18)4(2-17)20-10)16-3-12-5-8(11)13-15-14-9(5)16/h3-4,6-7,17-19H,2H2,1H3,(H2,11,13,14)/t4-,6+,7+,10?/m1/s1. The van der Waals surface area contributed by atoms with Gasteiger partial charge in [-0.1, -0.05) is 0 Å². The van der Waals surface area contributed by atoms with Crippen molar-refractivity contribution in [1.82, 2.24) is 25.0 Å². The normalized spacial score (nSPS) is 33.9. The van der Waals surface area contributed by atoms with Crippen LogP contribution in [-0.2, 0) is 10.5 Å². The van der Waals surface area contributed by atoms with E-state index < -0.39 is 30.6 Å². The molecule has 4 atom stereocenters. The zero-order chi connectivity index (χ0) is 14.5. The van der Waals surface area contributed by atoms with Gasteiger partial charge in [-0.15, -0.1) is 10.2 Å². The Labute approximate surface area is 112 Å². The number of rotatable bonds is 2. The molecule has 10 nitrogen and oxygen atoms in total. The molecule has 1 aliphatic rings. The highest BCUT2D eigenvalue weighted by Crippen LogP contribution is 2.36. The lowest BCUT2D eigenvalue weighted by Gasteiger charge is -2.29. The highest BCUT2D eigenvalue weighted by molar-refractivity contribution is 5.80. The zero-order valence-corrected chi connectivity index (χ0v) is 10.6. The maximum absolute atomic E-state index is 10.2. The van der Waals surface area contributed by atoms with Crippen LogP contribution >= 0.6 is 0 Å². The Kier molecular flexibility index (Phi) is 2.83. The van der Waals surface area contributed by atoms with Crippen LogP contribution in [0.2, 0.25) is 0 Å². The third kappa shape index (κ3) is 1.59. The van der Waals surface area contributed by atoms with Gasteiger partial charge in [0.1, 0.15) is 18.3 Å². The van der Waals surface area contributed by atoms with E-state index >= 15 is 0 Å². The molecule has 2 aromatic rings. The van der Waals surface area contributed by atoms with Crippen molar-refractivity contribution in [2.75, 3.05) is 12.3 Å². The summed E-state index contributed by atoms with van der Waals surface area (Å²) >= 11 is 0. The number of aliphatic hydroxyl groups is 3. The smallest absolute Gasteiger partial charge is 0.190 e. The predicted molar refractivity (Wildman–Crippen MR) is 65.2 cm³/mol. The first-order valence-corrected chi connectivity index (χ1v) is 5.96. The lowest BCUT2D eigenvalue weighted by molar-refractivity contribution is -0.132. The Morgan fingerprint density at radius 2 is 2.20 bits per heavy atom. The number of anilines is 1. The number of ether oxygens (including phenoxy) is 1. The second kappa shape index (κ2) is 4.31. The van der Waals surface area contributed by atoms with E-state index in [1.807, 2.05) is 0 Å². The second-order valence-electron chi connectivity index (χ2n) is 4.79. The third-order valence-corrected chi connectivity index (χ3v) is 3.58. The predicted octanol–water partition coefficient (Wildman–Crippen LogP) is -2.41. The molecule has 0 radical (unpaired) electrons. The highest BCUT2D eigenvalue weighted by atomic mass is 16.6. The van der Waals surface area contributed by atoms with Crippen LogP contribution in [-0.4, -0.2) is 65.2 Å². The summed E-state index contributed by atoms with van der Waals surface area (Å²) in [5.74, 6) is 0.101. The number of nitrogens with zero attached hydrogens (tertiary/aromatic N) is 5. The molecule has 0 aromatic carbocycles. The monoisotopic (exact) mass is 282 g/mol. The van der Waals surface area contributed by atoms with E-state index in [1.165, 1.54) is 10.9 Å². The van der Waals surface area contributed by atoms with Crippen molar-refractivity contribution in [2.45, 2.75) is 31.0 Å². The highest BCUT2D eigenvalue weighted by Gasteiger charge is 2.53. The summed E-state index contributed by atoms with van der Waals surface area (Å²) in [5.41, 5.74) is 4.89. The molecule has 2 aromatic heterocycles. The van der Waals surface area contributed by atoms with Crippen molar-refractivity contribution in [3.63, 3.8) is 0 Å². The Morgan fingerprint density at radius 3 is 2.85 bits per heavy atom. The molecule has 0 bridgehead atoms. The van der Waals surface area contributed by atoms with E-state index in [0.717, 1.165) is 0 Å². The van der Waals surface area contributed by atoms with Crippen LogP contribution in [0, 0.1) is 0 Å². The summed E-state index contributed by atoms with van der Waals surface area (Å²) in [7, 11) is 0. The summed E-state index contributed by atoms with van der Waals surface area (Å²) < 4.78 is 6.97. The maximum atomic E-state index is 10.2. The molecule has 1 unspecified atom stereocenters. The average molecular weight is 282 g/mol. The summed E-state index contributed by atoms with van der Waals surface area (Å²) in [4.78, 5) is 4.06. The average Bonchev–Trinajstić information content (AvgIpc) is 2.96. The molecule has 20 heavy (non-hydrogen) atoms. The van der Waals surface area contributed by atoms with E-state index in [-0.39, 0.29) is 11.5 Å². The minimum Gasteiger partial charge on any atom is -0.394 e. The van der Waals surface area contributed by atoms with Crippen LogP contribution in [0.3, 0.4) is 0 Å². The number of nitrogen functional groups attached to an aromatic ring is 1. The van der Waals surface area contributed by atoms with Gasteiger partial charge in [0.15, 0.2) is 22.7 Å². The third-order valence-electron chi connectivity index (χ3n) is 3.58. The number of hydrogen-bond acceptors (Lipinski definition) is 9. The van der Waals surface area contributed by atoms with Crippen LogP contribution < -0.4 is 5.73 Å². The molecular weight excluding hydrogens is 268 g/mol. The van der Waals surface area contributed by atoms with E-state index in [9.17, 15) is 10.2 Å². The first kappa shape index (κ1) is 13.1. The van der Waals surface area contributed by atoms with Crippen LogP contribution in [0.4, 0.5) is 5.82 Å². The Morgan fingerprint density at radius 1 is 1.45 bits per heavy atom. The Bertz CT molecular complexity index is 648. The van der Waals surface area contributed by atoms with E-state index in [1.54, 1.807) is 6.92 Å². The summed E-state index contributed by atoms with van der Waals surface area (Å²) in [6.07, 6.45) is -2.03. The van der Waals surface area contributed by atoms with E-state index in [4.69, 9.17) is 15.6 Å². The van der Waals surface area contributed by atoms with E-state index in [0.29, 0.717) is 5.52 Å². The molecule has 1 aliphatic heterocycles. The first-order valence-electron chi connectivity index (χ1n) is 5.96. The Balaban J connectivity index is 2.13. The summed E-state index contributed by atoms with van der Waals surface area (Å²) in [6, 6.07) is 0. The van der Waals surface area contributed by atoms with Gasteiger partial charge in [-0.3, -0.25) is 4.57 Å². The molecule has 0 amide bonds. The van der Waals surface area contributed by atoms with Gasteiger partial charge in [0.25, 0.3) is 0 Å². The van der Waals surface area contributed by atoms with Crippen molar-refractivity contribution in [2.24, 2.45) is 0 Å². The van der Waals surface area contributed by atoms with Gasteiger partial charge in [-0.2, -0.15) is 0 Å². The van der Waals surface area contributed by atoms with Crippen molar-refractivity contribution >= 4 is 17.0 Å². The van der Waals surface area contributed by atoms with Gasteiger partial charge in [0.05, 0.1) is 12.9 Å². The second-order valence-corrected chi connectivity index (χ2v) is 4.79. The number of imidazole rings is 1. The molecular formula is C10H14N6O4.